The van der Waals surface area contributed by atoms with Gasteiger partial charge in [0, 0.05) is 16.8 Å². The highest BCUT2D eigenvalue weighted by molar-refractivity contribution is 5.42. The van der Waals surface area contributed by atoms with E-state index in [1.807, 2.05) is 6.92 Å². The molecule has 0 amide bonds. The van der Waals surface area contributed by atoms with Gasteiger partial charge in [-0.05, 0) is 12.5 Å². The molecule has 1 aromatic rings. The van der Waals surface area contributed by atoms with Crippen LogP contribution < -0.4 is 0 Å². The highest BCUT2D eigenvalue weighted by Gasteiger charge is 2.24. The van der Waals surface area contributed by atoms with Gasteiger partial charge >= 0.3 is 0 Å². The zero-order chi connectivity index (χ0) is 8.84. The molecule has 3 heteroatoms. The summed E-state index contributed by atoms with van der Waals surface area (Å²) in [5.41, 5.74) is 6.11. The van der Waals surface area contributed by atoms with E-state index in [1.54, 1.807) is 0 Å². The van der Waals surface area contributed by atoms with Gasteiger partial charge < -0.3 is 9.47 Å². The summed E-state index contributed by atoms with van der Waals surface area (Å²) >= 11 is 0. The van der Waals surface area contributed by atoms with Crippen molar-refractivity contribution in [2.75, 3.05) is 0 Å². The third kappa shape index (κ3) is 0.943. The van der Waals surface area contributed by atoms with E-state index >= 15 is 0 Å². The molecule has 0 atom stereocenters. The van der Waals surface area contributed by atoms with Gasteiger partial charge in [-0.25, -0.2) is 0 Å². The van der Waals surface area contributed by atoms with Gasteiger partial charge in [-0.3, -0.25) is 4.98 Å². The van der Waals surface area contributed by atoms with E-state index in [4.69, 9.17) is 9.47 Å². The Labute approximate surface area is 76.7 Å². The lowest BCUT2D eigenvalue weighted by molar-refractivity contribution is 0.125. The molecule has 1 aromatic heterocycles. The molecule has 0 unspecified atom stereocenters. The zero-order valence-corrected chi connectivity index (χ0v) is 7.59. The molecule has 0 aromatic carbocycles. The molecular weight excluding hydrogens is 166 g/mol. The lowest BCUT2D eigenvalue weighted by atomic mass is 10.0. The van der Waals surface area contributed by atoms with Crippen LogP contribution in [0.3, 0.4) is 0 Å². The van der Waals surface area contributed by atoms with Crippen molar-refractivity contribution >= 4 is 0 Å². The average Bonchev–Trinajstić information content (AvgIpc) is 2.66. The number of ether oxygens (including phenoxy) is 2. The van der Waals surface area contributed by atoms with E-state index in [0.29, 0.717) is 13.2 Å². The van der Waals surface area contributed by atoms with Crippen molar-refractivity contribution < 1.29 is 9.47 Å². The molecule has 0 spiro atoms. The molecular formula is C10H11NO2. The summed E-state index contributed by atoms with van der Waals surface area (Å²) in [5, 5.41) is 0. The Balaban J connectivity index is 2.28. The standard InChI is InChI=1S/C10H11NO2/c1-6-7-2-12-3-8(7)9-4-13-5-10(9)11-6/h2-5H2,1H3. The maximum atomic E-state index is 5.43. The molecule has 0 N–H and O–H groups in total. The van der Waals surface area contributed by atoms with Gasteiger partial charge in [-0.1, -0.05) is 0 Å². The van der Waals surface area contributed by atoms with Crippen molar-refractivity contribution in [3.63, 3.8) is 0 Å². The van der Waals surface area contributed by atoms with Gasteiger partial charge in [0.15, 0.2) is 0 Å². The predicted octanol–water partition coefficient (Wildman–Crippen LogP) is 1.45. The maximum Gasteiger partial charge on any atom is 0.0896 e. The first-order valence-corrected chi connectivity index (χ1v) is 4.52. The van der Waals surface area contributed by atoms with Crippen molar-refractivity contribution in [1.29, 1.82) is 0 Å². The molecule has 0 aliphatic carbocycles. The zero-order valence-electron chi connectivity index (χ0n) is 7.59. The highest BCUT2D eigenvalue weighted by Crippen LogP contribution is 2.31. The number of aryl methyl sites for hydroxylation is 1. The smallest absolute Gasteiger partial charge is 0.0896 e. The molecule has 0 saturated heterocycles. The van der Waals surface area contributed by atoms with E-state index in [-0.39, 0.29) is 0 Å². The van der Waals surface area contributed by atoms with Gasteiger partial charge in [-0.15, -0.1) is 0 Å². The van der Waals surface area contributed by atoms with Gasteiger partial charge in [0.1, 0.15) is 0 Å². The summed E-state index contributed by atoms with van der Waals surface area (Å²) in [6.07, 6.45) is 0. The minimum absolute atomic E-state index is 0.670. The number of aromatic nitrogens is 1. The summed E-state index contributed by atoms with van der Waals surface area (Å²) in [6, 6.07) is 0. The lowest BCUT2D eigenvalue weighted by Crippen LogP contribution is -2.00. The lowest BCUT2D eigenvalue weighted by Gasteiger charge is -2.05. The van der Waals surface area contributed by atoms with Crippen molar-refractivity contribution in [3.8, 4) is 0 Å². The van der Waals surface area contributed by atoms with Gasteiger partial charge in [0.25, 0.3) is 0 Å². The van der Waals surface area contributed by atoms with E-state index in [0.717, 1.165) is 24.6 Å². The summed E-state index contributed by atoms with van der Waals surface area (Å²) in [6.45, 7) is 4.90. The van der Waals surface area contributed by atoms with Crippen molar-refractivity contribution in [2.45, 2.75) is 33.4 Å². The van der Waals surface area contributed by atoms with Crippen LogP contribution >= 0.6 is 0 Å². The molecule has 2 aliphatic heterocycles. The number of hydrogen-bond donors (Lipinski definition) is 0. The van der Waals surface area contributed by atoms with Crippen molar-refractivity contribution in [2.24, 2.45) is 0 Å². The second kappa shape index (κ2) is 2.53. The largest absolute Gasteiger partial charge is 0.372 e. The Bertz CT molecular complexity index is 374. The number of fused-ring (bicyclic) bond motifs is 3. The molecule has 0 bridgehead atoms. The van der Waals surface area contributed by atoms with Crippen molar-refractivity contribution in [3.05, 3.63) is 28.1 Å². The Morgan fingerprint density at radius 2 is 1.62 bits per heavy atom. The quantitative estimate of drug-likeness (QED) is 0.601. The summed E-state index contributed by atoms with van der Waals surface area (Å²) in [5.74, 6) is 0. The first-order valence-electron chi connectivity index (χ1n) is 4.52. The van der Waals surface area contributed by atoms with Crippen LogP contribution in [-0.2, 0) is 35.9 Å². The summed E-state index contributed by atoms with van der Waals surface area (Å²) in [7, 11) is 0. The molecule has 68 valence electrons. The Morgan fingerprint density at radius 3 is 2.54 bits per heavy atom. The highest BCUT2D eigenvalue weighted by atomic mass is 16.5. The SMILES string of the molecule is Cc1nc2c(c3c1COC3)COC2. The number of hydrogen-bond acceptors (Lipinski definition) is 3. The summed E-state index contributed by atoms with van der Waals surface area (Å²) < 4.78 is 10.8. The first kappa shape index (κ1) is 7.47. The monoisotopic (exact) mass is 177 g/mol. The van der Waals surface area contributed by atoms with Crippen LogP contribution in [-0.4, -0.2) is 4.98 Å². The van der Waals surface area contributed by atoms with Crippen LogP contribution in [0.2, 0.25) is 0 Å². The minimum atomic E-state index is 0.670. The molecule has 3 rings (SSSR count). The molecule has 2 aliphatic rings. The van der Waals surface area contributed by atoms with Crippen LogP contribution in [0.1, 0.15) is 28.1 Å². The van der Waals surface area contributed by atoms with E-state index in [2.05, 4.69) is 4.98 Å². The normalized spacial score (nSPS) is 18.8. The minimum Gasteiger partial charge on any atom is -0.372 e. The van der Waals surface area contributed by atoms with Crippen LogP contribution in [0.25, 0.3) is 0 Å². The topological polar surface area (TPSA) is 31.4 Å². The molecule has 3 heterocycles. The molecule has 0 fully saturated rings. The fourth-order valence-corrected chi connectivity index (χ4v) is 2.07. The van der Waals surface area contributed by atoms with Crippen molar-refractivity contribution in [1.82, 2.24) is 4.98 Å². The average molecular weight is 177 g/mol. The number of rotatable bonds is 0. The molecule has 0 saturated carbocycles. The fraction of sp³-hybridized carbons (Fsp3) is 0.500. The van der Waals surface area contributed by atoms with Gasteiger partial charge in [0.05, 0.1) is 32.1 Å². The Morgan fingerprint density at radius 1 is 0.923 bits per heavy atom. The fourth-order valence-electron chi connectivity index (χ4n) is 2.07. The van der Waals surface area contributed by atoms with E-state index in [1.165, 1.54) is 16.7 Å². The van der Waals surface area contributed by atoms with E-state index < -0.39 is 0 Å². The third-order valence-corrected chi connectivity index (χ3v) is 2.79. The van der Waals surface area contributed by atoms with E-state index in [9.17, 15) is 0 Å². The second-order valence-electron chi connectivity index (χ2n) is 3.57. The molecule has 0 radical (unpaired) electrons. The second-order valence-corrected chi connectivity index (χ2v) is 3.57. The van der Waals surface area contributed by atoms with Crippen LogP contribution in [0.15, 0.2) is 0 Å². The van der Waals surface area contributed by atoms with Crippen LogP contribution in [0.5, 0.6) is 0 Å². The molecule has 13 heavy (non-hydrogen) atoms. The summed E-state index contributed by atoms with van der Waals surface area (Å²) in [4.78, 5) is 4.52. The Hall–Kier alpha value is -0.930. The van der Waals surface area contributed by atoms with Crippen LogP contribution in [0.4, 0.5) is 0 Å². The Kier molecular flexibility index (Phi) is 1.45. The third-order valence-electron chi connectivity index (χ3n) is 2.79. The maximum absolute atomic E-state index is 5.43. The first-order chi connectivity index (χ1) is 6.36. The number of pyridine rings is 1. The van der Waals surface area contributed by atoms with Crippen LogP contribution in [0, 0.1) is 6.92 Å². The van der Waals surface area contributed by atoms with Gasteiger partial charge in [0.2, 0.25) is 0 Å². The number of nitrogens with zero attached hydrogens (tertiary/aromatic N) is 1. The molecule has 3 nitrogen and oxygen atoms in total. The predicted molar refractivity (Wildman–Crippen MR) is 46.0 cm³/mol. The van der Waals surface area contributed by atoms with Gasteiger partial charge in [-0.2, -0.15) is 0 Å².